The highest BCUT2D eigenvalue weighted by Crippen LogP contribution is 2.67. The molecule has 2 aliphatic carbocycles. The standard InChI is InChI=1S/C17H19NOS2/c1-16(2)10-8-9-17(16,3)14(13(10)19)21-15-18-11-6-4-5-7-12(11)20-15/h4-7,10,14H,8-9H2,1-3H3/t10-,14+,17+/m0/s1. The van der Waals surface area contributed by atoms with E-state index in [0.29, 0.717) is 5.78 Å². The molecule has 0 saturated heterocycles. The van der Waals surface area contributed by atoms with Crippen LogP contribution in [0, 0.1) is 16.7 Å². The number of nitrogens with zero attached hydrogens (tertiary/aromatic N) is 1. The fraction of sp³-hybridized carbons (Fsp3) is 0.529. The third kappa shape index (κ3) is 1.72. The number of ketones is 1. The van der Waals surface area contributed by atoms with E-state index in [-0.39, 0.29) is 22.0 Å². The van der Waals surface area contributed by atoms with Crippen molar-refractivity contribution in [2.75, 3.05) is 0 Å². The highest BCUT2D eigenvalue weighted by Gasteiger charge is 2.66. The first-order valence-corrected chi connectivity index (χ1v) is 9.19. The predicted molar refractivity (Wildman–Crippen MR) is 88.9 cm³/mol. The molecule has 0 unspecified atom stereocenters. The van der Waals surface area contributed by atoms with E-state index in [1.165, 1.54) is 11.1 Å². The first-order chi connectivity index (χ1) is 9.93. The number of benzene rings is 1. The number of fused-ring (bicyclic) bond motifs is 3. The van der Waals surface area contributed by atoms with E-state index >= 15 is 0 Å². The van der Waals surface area contributed by atoms with Crippen LogP contribution in [0.5, 0.6) is 0 Å². The number of hydrogen-bond donors (Lipinski definition) is 0. The first-order valence-electron chi connectivity index (χ1n) is 7.49. The van der Waals surface area contributed by atoms with Gasteiger partial charge in [0.25, 0.3) is 0 Å². The van der Waals surface area contributed by atoms with Crippen molar-refractivity contribution < 1.29 is 4.79 Å². The van der Waals surface area contributed by atoms with Crippen molar-refractivity contribution in [2.24, 2.45) is 16.7 Å². The van der Waals surface area contributed by atoms with Crippen LogP contribution in [0.3, 0.4) is 0 Å². The summed E-state index contributed by atoms with van der Waals surface area (Å²) in [6, 6.07) is 8.21. The molecule has 1 heterocycles. The van der Waals surface area contributed by atoms with Gasteiger partial charge in [0.2, 0.25) is 0 Å². The van der Waals surface area contributed by atoms with Crippen molar-refractivity contribution in [3.05, 3.63) is 24.3 Å². The molecule has 2 bridgehead atoms. The van der Waals surface area contributed by atoms with E-state index in [9.17, 15) is 4.79 Å². The number of thiazole rings is 1. The van der Waals surface area contributed by atoms with Gasteiger partial charge in [0.1, 0.15) is 5.78 Å². The van der Waals surface area contributed by atoms with Gasteiger partial charge in [-0.05, 0) is 35.8 Å². The summed E-state index contributed by atoms with van der Waals surface area (Å²) in [5, 5.41) is 0.0758. The Hall–Kier alpha value is -0.870. The molecule has 4 rings (SSSR count). The van der Waals surface area contributed by atoms with Crippen molar-refractivity contribution in [1.29, 1.82) is 0 Å². The van der Waals surface area contributed by atoms with Crippen LogP contribution in [0.2, 0.25) is 0 Å². The van der Waals surface area contributed by atoms with Crippen LogP contribution in [-0.2, 0) is 4.79 Å². The summed E-state index contributed by atoms with van der Waals surface area (Å²) in [6.07, 6.45) is 2.23. The summed E-state index contributed by atoms with van der Waals surface area (Å²) in [5.41, 5.74) is 1.28. The van der Waals surface area contributed by atoms with Gasteiger partial charge in [-0.25, -0.2) is 4.98 Å². The summed E-state index contributed by atoms with van der Waals surface area (Å²) in [5.74, 6) is 0.701. The molecule has 4 heteroatoms. The number of para-hydroxylation sites is 1. The number of thioether (sulfide) groups is 1. The summed E-state index contributed by atoms with van der Waals surface area (Å²) >= 11 is 3.42. The lowest BCUT2D eigenvalue weighted by molar-refractivity contribution is -0.122. The zero-order chi connectivity index (χ0) is 14.8. The van der Waals surface area contributed by atoms with Gasteiger partial charge in [-0.1, -0.05) is 44.7 Å². The minimum Gasteiger partial charge on any atom is -0.298 e. The molecule has 1 aromatic heterocycles. The van der Waals surface area contributed by atoms with Crippen LogP contribution >= 0.6 is 23.1 Å². The van der Waals surface area contributed by atoms with Crippen LogP contribution in [0.15, 0.2) is 28.6 Å². The molecule has 0 radical (unpaired) electrons. The Morgan fingerprint density at radius 1 is 1.29 bits per heavy atom. The molecule has 0 aliphatic heterocycles. The SMILES string of the molecule is CC1(C)[C@H]2CC[C@]1(C)[C@H](Sc1nc3ccccc3s1)C2=O. The molecular formula is C17H19NOS2. The lowest BCUT2D eigenvalue weighted by Crippen LogP contribution is -2.35. The van der Waals surface area contributed by atoms with Gasteiger partial charge in [-0.2, -0.15) is 0 Å². The maximum Gasteiger partial charge on any atom is 0.151 e. The van der Waals surface area contributed by atoms with Crippen molar-refractivity contribution in [3.63, 3.8) is 0 Å². The van der Waals surface area contributed by atoms with Crippen molar-refractivity contribution in [3.8, 4) is 0 Å². The average molecular weight is 317 g/mol. The van der Waals surface area contributed by atoms with Gasteiger partial charge >= 0.3 is 0 Å². The van der Waals surface area contributed by atoms with Crippen LogP contribution in [0.1, 0.15) is 33.6 Å². The van der Waals surface area contributed by atoms with Gasteiger partial charge < -0.3 is 0 Å². The Kier molecular flexibility index (Phi) is 2.84. The van der Waals surface area contributed by atoms with Crippen molar-refractivity contribution >= 4 is 39.1 Å². The van der Waals surface area contributed by atoms with E-state index in [1.807, 2.05) is 18.2 Å². The second-order valence-electron chi connectivity index (χ2n) is 7.08. The Bertz CT molecular complexity index is 702. The third-order valence-corrected chi connectivity index (χ3v) is 8.62. The van der Waals surface area contributed by atoms with Gasteiger partial charge in [0, 0.05) is 5.92 Å². The van der Waals surface area contributed by atoms with Gasteiger partial charge in [0.15, 0.2) is 4.34 Å². The molecule has 2 nitrogen and oxygen atoms in total. The smallest absolute Gasteiger partial charge is 0.151 e. The van der Waals surface area contributed by atoms with E-state index in [0.717, 1.165) is 16.3 Å². The number of rotatable bonds is 2. The monoisotopic (exact) mass is 317 g/mol. The maximum absolute atomic E-state index is 12.8. The largest absolute Gasteiger partial charge is 0.298 e. The summed E-state index contributed by atoms with van der Waals surface area (Å²) in [4.78, 5) is 17.5. The molecule has 0 spiro atoms. The Morgan fingerprint density at radius 2 is 2.05 bits per heavy atom. The van der Waals surface area contributed by atoms with Gasteiger partial charge in [0.05, 0.1) is 15.5 Å². The molecular weight excluding hydrogens is 298 g/mol. The quantitative estimate of drug-likeness (QED) is 0.798. The van der Waals surface area contributed by atoms with E-state index in [2.05, 4.69) is 26.8 Å². The molecule has 2 aromatic rings. The minimum absolute atomic E-state index is 0.0758. The summed E-state index contributed by atoms with van der Waals surface area (Å²) in [6.45, 7) is 6.87. The van der Waals surface area contributed by atoms with Crippen molar-refractivity contribution in [2.45, 2.75) is 43.2 Å². The van der Waals surface area contributed by atoms with Crippen LogP contribution in [-0.4, -0.2) is 16.0 Å². The molecule has 2 aliphatic rings. The van der Waals surface area contributed by atoms with Crippen LogP contribution in [0.4, 0.5) is 0 Å². The zero-order valence-electron chi connectivity index (χ0n) is 12.6. The predicted octanol–water partition coefficient (Wildman–Crippen LogP) is 4.78. The second kappa shape index (κ2) is 4.32. The van der Waals surface area contributed by atoms with E-state index in [1.54, 1.807) is 23.1 Å². The molecule has 0 amide bonds. The number of aromatic nitrogens is 1. The Labute approximate surface area is 133 Å². The molecule has 110 valence electrons. The van der Waals surface area contributed by atoms with E-state index in [4.69, 9.17) is 4.98 Å². The van der Waals surface area contributed by atoms with E-state index < -0.39 is 0 Å². The fourth-order valence-corrected chi connectivity index (χ4v) is 6.94. The number of carbonyl (C=O) groups excluding carboxylic acids is 1. The lowest BCUT2D eigenvalue weighted by Gasteiger charge is -2.37. The Morgan fingerprint density at radius 3 is 2.71 bits per heavy atom. The minimum atomic E-state index is 0.0758. The fourth-order valence-electron chi connectivity index (χ4n) is 4.18. The van der Waals surface area contributed by atoms with Crippen molar-refractivity contribution in [1.82, 2.24) is 4.98 Å². The van der Waals surface area contributed by atoms with Gasteiger partial charge in [-0.15, -0.1) is 11.3 Å². The number of carbonyl (C=O) groups is 1. The lowest BCUT2D eigenvalue weighted by atomic mass is 9.71. The first kappa shape index (κ1) is 13.8. The van der Waals surface area contributed by atoms with Gasteiger partial charge in [-0.3, -0.25) is 4.79 Å². The highest BCUT2D eigenvalue weighted by molar-refractivity contribution is 8.02. The number of Topliss-reactive ketones (excluding diaryl/α,β-unsaturated/α-hetero) is 1. The normalized spacial score (nSPS) is 34.0. The van der Waals surface area contributed by atoms with Crippen LogP contribution in [0.25, 0.3) is 10.2 Å². The molecule has 1 aromatic carbocycles. The molecule has 21 heavy (non-hydrogen) atoms. The average Bonchev–Trinajstić information content (AvgIpc) is 2.98. The topological polar surface area (TPSA) is 30.0 Å². The number of hydrogen-bond acceptors (Lipinski definition) is 4. The maximum atomic E-state index is 12.8. The second-order valence-corrected chi connectivity index (χ2v) is 9.46. The molecule has 2 saturated carbocycles. The summed E-state index contributed by atoms with van der Waals surface area (Å²) in [7, 11) is 0. The zero-order valence-corrected chi connectivity index (χ0v) is 14.2. The highest BCUT2D eigenvalue weighted by atomic mass is 32.2. The molecule has 3 atom stereocenters. The Balaban J connectivity index is 1.70. The summed E-state index contributed by atoms with van der Waals surface area (Å²) < 4.78 is 2.25. The molecule has 2 fully saturated rings. The third-order valence-electron chi connectivity index (χ3n) is 5.97. The molecule has 0 N–H and O–H groups in total. The van der Waals surface area contributed by atoms with Crippen LogP contribution < -0.4 is 0 Å².